The van der Waals surface area contributed by atoms with E-state index in [0.717, 1.165) is 0 Å². The molecule has 0 atom stereocenters. The van der Waals surface area contributed by atoms with Gasteiger partial charge in [0.15, 0.2) is 0 Å². The molecule has 0 heterocycles. The molecule has 0 bridgehead atoms. The molecule has 1 fully saturated rings. The molecule has 27 heavy (non-hydrogen) atoms. The smallest absolute Gasteiger partial charge is 0.264 e. The molecule has 0 aromatic heterocycles. The summed E-state index contributed by atoms with van der Waals surface area (Å²) < 4.78 is 31.5. The van der Waals surface area contributed by atoms with Gasteiger partial charge in [0, 0.05) is 12.1 Å². The second kappa shape index (κ2) is 7.60. The first-order valence-electron chi connectivity index (χ1n) is 8.85. The van der Waals surface area contributed by atoms with Crippen molar-refractivity contribution in [1.82, 2.24) is 4.72 Å². The number of sulfonamides is 1. The number of ether oxygens (including phenoxy) is 1. The molecule has 2 aromatic rings. The van der Waals surface area contributed by atoms with Crippen molar-refractivity contribution in [3.63, 3.8) is 0 Å². The summed E-state index contributed by atoms with van der Waals surface area (Å²) >= 11 is 0. The lowest BCUT2D eigenvalue weighted by molar-refractivity contribution is 0.0981. The lowest BCUT2D eigenvalue weighted by Gasteiger charge is -2.15. The number of rotatable bonds is 7. The normalized spacial score (nSPS) is 13.9. The molecule has 1 aliphatic rings. The van der Waals surface area contributed by atoms with Crippen molar-refractivity contribution < 1.29 is 17.9 Å². The van der Waals surface area contributed by atoms with Crippen LogP contribution in [0.4, 0.5) is 5.69 Å². The van der Waals surface area contributed by atoms with Crippen LogP contribution in [-0.4, -0.2) is 26.7 Å². The highest BCUT2D eigenvalue weighted by Crippen LogP contribution is 2.29. The lowest BCUT2D eigenvalue weighted by atomic mass is 10.0. The fraction of sp³-hybridized carbons (Fsp3) is 0.350. The number of benzene rings is 2. The Morgan fingerprint density at radius 1 is 1.15 bits per heavy atom. The van der Waals surface area contributed by atoms with Gasteiger partial charge in [-0.15, -0.1) is 0 Å². The maximum atomic E-state index is 12.4. The molecule has 2 aromatic carbocycles. The van der Waals surface area contributed by atoms with E-state index in [4.69, 9.17) is 4.74 Å². The molecule has 0 saturated heterocycles. The Balaban J connectivity index is 1.80. The van der Waals surface area contributed by atoms with Crippen LogP contribution in [0.3, 0.4) is 0 Å². The van der Waals surface area contributed by atoms with Crippen molar-refractivity contribution in [2.24, 2.45) is 0 Å². The molecule has 0 aliphatic heterocycles. The predicted molar refractivity (Wildman–Crippen MR) is 106 cm³/mol. The highest BCUT2D eigenvalue weighted by atomic mass is 32.2. The molecule has 144 valence electrons. The molecule has 0 spiro atoms. The van der Waals surface area contributed by atoms with Gasteiger partial charge in [0.2, 0.25) is 10.0 Å². The first kappa shape index (κ1) is 19.2. The highest BCUT2D eigenvalue weighted by molar-refractivity contribution is 7.91. The fourth-order valence-electron chi connectivity index (χ4n) is 2.95. The van der Waals surface area contributed by atoms with Gasteiger partial charge in [-0.1, -0.05) is 18.2 Å². The van der Waals surface area contributed by atoms with E-state index >= 15 is 0 Å². The van der Waals surface area contributed by atoms with Crippen LogP contribution in [0.2, 0.25) is 0 Å². The number of aryl methyl sites for hydroxylation is 2. The van der Waals surface area contributed by atoms with Crippen molar-refractivity contribution in [2.45, 2.75) is 38.5 Å². The quantitative estimate of drug-likeness (QED) is 0.761. The van der Waals surface area contributed by atoms with E-state index in [2.05, 4.69) is 10.0 Å². The Bertz CT molecular complexity index is 946. The summed E-state index contributed by atoms with van der Waals surface area (Å²) in [4.78, 5) is 12.4. The highest BCUT2D eigenvalue weighted by Gasteiger charge is 2.37. The van der Waals surface area contributed by atoms with E-state index in [1.807, 2.05) is 32.0 Å². The second-order valence-corrected chi connectivity index (χ2v) is 8.78. The van der Waals surface area contributed by atoms with Gasteiger partial charge in [0.25, 0.3) is 5.91 Å². The van der Waals surface area contributed by atoms with Crippen LogP contribution in [0, 0.1) is 13.8 Å². The summed E-state index contributed by atoms with van der Waals surface area (Å²) in [7, 11) is -2.03. The van der Waals surface area contributed by atoms with Crippen LogP contribution in [0.1, 0.15) is 39.9 Å². The summed E-state index contributed by atoms with van der Waals surface area (Å²) in [5.41, 5.74) is 4.42. The fourth-order valence-corrected chi connectivity index (χ4v) is 4.25. The van der Waals surface area contributed by atoms with E-state index < -0.39 is 21.2 Å². The van der Waals surface area contributed by atoms with Crippen LogP contribution in [0.15, 0.2) is 36.4 Å². The van der Waals surface area contributed by atoms with Crippen LogP contribution in [0.5, 0.6) is 5.75 Å². The molecule has 7 heteroatoms. The Hall–Kier alpha value is -2.54. The Kier molecular flexibility index (Phi) is 5.41. The Morgan fingerprint density at radius 2 is 1.81 bits per heavy atom. The first-order chi connectivity index (χ1) is 12.8. The Morgan fingerprint density at radius 3 is 2.41 bits per heavy atom. The minimum Gasteiger partial charge on any atom is -0.495 e. The topological polar surface area (TPSA) is 84.5 Å². The van der Waals surface area contributed by atoms with E-state index in [0.29, 0.717) is 30.8 Å². The molecule has 1 aliphatic carbocycles. The number of anilines is 1. The third kappa shape index (κ3) is 4.42. The minimum atomic E-state index is -3.58. The van der Waals surface area contributed by atoms with Crippen LogP contribution < -0.4 is 14.8 Å². The van der Waals surface area contributed by atoms with Crippen molar-refractivity contribution >= 4 is 21.6 Å². The zero-order chi connectivity index (χ0) is 19.6. The summed E-state index contributed by atoms with van der Waals surface area (Å²) in [6.45, 7) is 4.67. The maximum Gasteiger partial charge on any atom is 0.264 e. The van der Waals surface area contributed by atoms with Crippen molar-refractivity contribution in [3.8, 4) is 5.75 Å². The van der Waals surface area contributed by atoms with E-state index in [9.17, 15) is 13.2 Å². The molecule has 1 saturated carbocycles. The molecular formula is C20H24N2O4S. The molecule has 3 rings (SSSR count). The van der Waals surface area contributed by atoms with Gasteiger partial charge in [0.05, 0.1) is 18.0 Å². The molecule has 1 amide bonds. The van der Waals surface area contributed by atoms with Crippen molar-refractivity contribution in [1.29, 1.82) is 0 Å². The van der Waals surface area contributed by atoms with Gasteiger partial charge in [-0.3, -0.25) is 4.79 Å². The summed E-state index contributed by atoms with van der Waals surface area (Å²) in [5.74, 6) is -0.0393. The SMILES string of the molecule is COc1ccc(C(=O)NS(=O)(=O)C2CC2)cc1NCc1c(C)cccc1C. The van der Waals surface area contributed by atoms with Gasteiger partial charge in [-0.05, 0) is 61.6 Å². The van der Waals surface area contributed by atoms with Gasteiger partial charge >= 0.3 is 0 Å². The predicted octanol–water partition coefficient (Wildman–Crippen LogP) is 3.15. The van der Waals surface area contributed by atoms with Crippen LogP contribution in [0.25, 0.3) is 0 Å². The summed E-state index contributed by atoms with van der Waals surface area (Å²) in [5, 5.41) is 2.86. The third-order valence-electron chi connectivity index (χ3n) is 4.76. The molecule has 6 nitrogen and oxygen atoms in total. The molecule has 0 unspecified atom stereocenters. The largest absolute Gasteiger partial charge is 0.495 e. The van der Waals surface area contributed by atoms with Crippen LogP contribution in [-0.2, 0) is 16.6 Å². The summed E-state index contributed by atoms with van der Waals surface area (Å²) in [6, 6.07) is 10.9. The number of carbonyl (C=O) groups excluding carboxylic acids is 1. The standard InChI is InChI=1S/C20H24N2O4S/c1-13-5-4-6-14(2)17(13)12-21-18-11-15(7-10-19(18)26-3)20(23)22-27(24,25)16-8-9-16/h4-7,10-11,16,21H,8-9,12H2,1-3H3,(H,22,23). The monoisotopic (exact) mass is 388 g/mol. The molecule has 2 N–H and O–H groups in total. The summed E-state index contributed by atoms with van der Waals surface area (Å²) in [6.07, 6.45) is 1.21. The maximum absolute atomic E-state index is 12.4. The molecular weight excluding hydrogens is 364 g/mol. The number of nitrogens with one attached hydrogen (secondary N) is 2. The van der Waals surface area contributed by atoms with Crippen LogP contribution >= 0.6 is 0 Å². The number of hydrogen-bond donors (Lipinski definition) is 2. The van der Waals surface area contributed by atoms with E-state index in [1.165, 1.54) is 16.7 Å². The second-order valence-electron chi connectivity index (χ2n) is 6.81. The number of methoxy groups -OCH3 is 1. The van der Waals surface area contributed by atoms with Crippen molar-refractivity contribution in [2.75, 3.05) is 12.4 Å². The zero-order valence-electron chi connectivity index (χ0n) is 15.7. The average Bonchev–Trinajstić information content (AvgIpc) is 3.46. The Labute approximate surface area is 160 Å². The number of amides is 1. The molecule has 0 radical (unpaired) electrons. The average molecular weight is 388 g/mol. The van der Waals surface area contributed by atoms with Gasteiger partial charge < -0.3 is 10.1 Å². The van der Waals surface area contributed by atoms with Gasteiger partial charge in [0.1, 0.15) is 5.75 Å². The van der Waals surface area contributed by atoms with Gasteiger partial charge in [-0.2, -0.15) is 0 Å². The van der Waals surface area contributed by atoms with Crippen molar-refractivity contribution in [3.05, 3.63) is 58.7 Å². The minimum absolute atomic E-state index is 0.268. The van der Waals surface area contributed by atoms with E-state index in [1.54, 1.807) is 25.3 Å². The number of hydrogen-bond acceptors (Lipinski definition) is 5. The first-order valence-corrected chi connectivity index (χ1v) is 10.4. The lowest BCUT2D eigenvalue weighted by Crippen LogP contribution is -2.33. The third-order valence-corrected chi connectivity index (χ3v) is 6.58. The van der Waals surface area contributed by atoms with Gasteiger partial charge in [-0.25, -0.2) is 13.1 Å². The number of carbonyl (C=O) groups is 1. The van der Waals surface area contributed by atoms with E-state index in [-0.39, 0.29) is 5.56 Å². The zero-order valence-corrected chi connectivity index (χ0v) is 16.5.